The Morgan fingerprint density at radius 2 is 1.50 bits per heavy atom. The van der Waals surface area contributed by atoms with E-state index in [2.05, 4.69) is 87.2 Å². The van der Waals surface area contributed by atoms with Gasteiger partial charge in [0.25, 0.3) is 18.1 Å². The van der Waals surface area contributed by atoms with Crippen LogP contribution in [0.4, 0.5) is 0 Å². The van der Waals surface area contributed by atoms with Gasteiger partial charge in [-0.05, 0) is 53.9 Å². The maximum atomic E-state index is 12.2. The van der Waals surface area contributed by atoms with Crippen LogP contribution in [-0.2, 0) is 13.6 Å². The first-order valence-electron chi connectivity index (χ1n) is 10.9. The number of ether oxygens (including phenoxy) is 1. The van der Waals surface area contributed by atoms with Crippen molar-refractivity contribution in [2.45, 2.75) is 39.8 Å². The van der Waals surface area contributed by atoms with Crippen LogP contribution in [0.1, 0.15) is 31.4 Å². The quantitative estimate of drug-likeness (QED) is 0.212. The number of esters is 1. The molecule has 1 atom stereocenters. The summed E-state index contributed by atoms with van der Waals surface area (Å²) in [6.45, 7) is 11.7. The summed E-state index contributed by atoms with van der Waals surface area (Å²) in [5.74, 6) is -0.369. The predicted octanol–water partition coefficient (Wildman–Crippen LogP) is 3.76. The summed E-state index contributed by atoms with van der Waals surface area (Å²) in [4.78, 5) is 12.2. The summed E-state index contributed by atoms with van der Waals surface area (Å²) in [5.41, 5.74) is 2.56. The van der Waals surface area contributed by atoms with Crippen LogP contribution in [-0.4, -0.2) is 29.8 Å². The minimum atomic E-state index is -2.86. The van der Waals surface area contributed by atoms with E-state index in [9.17, 15) is 4.79 Å². The Hall–Kier alpha value is -2.74. The van der Waals surface area contributed by atoms with Crippen LogP contribution < -0.4 is 15.6 Å². The summed E-state index contributed by atoms with van der Waals surface area (Å²) >= 11 is 0. The summed E-state index contributed by atoms with van der Waals surface area (Å²) in [7, 11) is -2.85. The van der Waals surface area contributed by atoms with Crippen LogP contribution >= 0.6 is 0 Å². The summed E-state index contributed by atoms with van der Waals surface area (Å²) in [6, 6.07) is 27.4. The molecular formula is C27H30O3Si2. The highest BCUT2D eigenvalue weighted by Crippen LogP contribution is 2.15. The second-order valence-electron chi connectivity index (χ2n) is 7.96. The molecule has 2 radical (unpaired) electrons. The largest absolute Gasteiger partial charge is 0.460 e. The Balaban J connectivity index is 2.17. The minimum absolute atomic E-state index is 0.00754. The lowest BCUT2D eigenvalue weighted by Gasteiger charge is -2.35. The maximum absolute atomic E-state index is 12.2. The smallest absolute Gasteiger partial charge is 0.333 e. The normalized spacial score (nSPS) is 12.2. The van der Waals surface area contributed by atoms with Crippen molar-refractivity contribution in [2.24, 2.45) is 0 Å². The molecule has 0 aliphatic carbocycles. The van der Waals surface area contributed by atoms with Gasteiger partial charge in [-0.1, -0.05) is 92.4 Å². The third-order valence-electron chi connectivity index (χ3n) is 5.66. The first-order chi connectivity index (χ1) is 15.4. The number of carbonyl (C=O) groups excluding carboxylic acids is 1. The van der Waals surface area contributed by atoms with Gasteiger partial charge in [-0.2, -0.15) is 0 Å². The molecule has 5 heteroatoms. The molecule has 32 heavy (non-hydrogen) atoms. The predicted molar refractivity (Wildman–Crippen MR) is 135 cm³/mol. The fraction of sp³-hybridized carbons (Fsp3) is 0.222. The first-order valence-corrected chi connectivity index (χ1v) is 13.8. The van der Waals surface area contributed by atoms with Crippen LogP contribution in [0.2, 0.25) is 0 Å². The lowest BCUT2D eigenvalue weighted by Crippen LogP contribution is -2.71. The van der Waals surface area contributed by atoms with Gasteiger partial charge >= 0.3 is 5.97 Å². The summed E-state index contributed by atoms with van der Waals surface area (Å²) in [6.07, 6.45) is 0.679. The Morgan fingerprint density at radius 3 is 2.00 bits per heavy atom. The van der Waals surface area contributed by atoms with Crippen molar-refractivity contribution in [1.29, 1.82) is 0 Å². The monoisotopic (exact) mass is 458 g/mol. The van der Waals surface area contributed by atoms with Crippen LogP contribution in [0.3, 0.4) is 0 Å². The molecule has 164 valence electrons. The van der Waals surface area contributed by atoms with Crippen LogP contribution in [0.15, 0.2) is 91.0 Å². The lowest BCUT2D eigenvalue weighted by molar-refractivity contribution is -0.141. The molecule has 0 bridgehead atoms. The van der Waals surface area contributed by atoms with E-state index in [0.717, 1.165) is 0 Å². The molecule has 1 unspecified atom stereocenters. The van der Waals surface area contributed by atoms with Crippen LogP contribution in [0.5, 0.6) is 0 Å². The molecule has 0 aliphatic rings. The maximum Gasteiger partial charge on any atom is 0.333 e. The minimum Gasteiger partial charge on any atom is -0.460 e. The number of rotatable bonds is 9. The third-order valence-corrected chi connectivity index (χ3v) is 11.7. The topological polar surface area (TPSA) is 35.5 Å². The van der Waals surface area contributed by atoms with Gasteiger partial charge in [0.1, 0.15) is 5.73 Å². The highest BCUT2D eigenvalue weighted by Gasteiger charge is 2.43. The Labute approximate surface area is 195 Å². The highest BCUT2D eigenvalue weighted by atomic mass is 28.4. The zero-order valence-electron chi connectivity index (χ0n) is 19.2. The molecule has 0 fully saturated rings. The molecule has 3 aromatic carbocycles. The average Bonchev–Trinajstić information content (AvgIpc) is 2.82. The van der Waals surface area contributed by atoms with Crippen molar-refractivity contribution in [2.75, 3.05) is 0 Å². The van der Waals surface area contributed by atoms with Gasteiger partial charge in [-0.25, -0.2) is 4.79 Å². The van der Waals surface area contributed by atoms with Gasteiger partial charge in [-0.15, -0.1) is 0 Å². The van der Waals surface area contributed by atoms with Crippen LogP contribution in [0.25, 0.3) is 0 Å². The van der Waals surface area contributed by atoms with Crippen molar-refractivity contribution in [3.05, 3.63) is 102 Å². The number of hydrogen-bond acceptors (Lipinski definition) is 3. The lowest BCUT2D eigenvalue weighted by atomic mass is 10.1. The zero-order chi connectivity index (χ0) is 23.1. The zero-order valence-corrected chi connectivity index (χ0v) is 21.2. The Kier molecular flexibility index (Phi) is 8.01. The molecule has 0 heterocycles. The van der Waals surface area contributed by atoms with E-state index in [0.29, 0.717) is 12.0 Å². The van der Waals surface area contributed by atoms with Crippen molar-refractivity contribution in [3.8, 4) is 0 Å². The standard InChI is InChI=1S/C27H30O3Si2/c1-6-26(29-27(28)20(2)3)31-30-32(23-15-9-7-10-16-23,24-17-11-8-12-18-24)25-19-13-14-21(4)22(25)5/h7-19,26H,2,6H2,1,3-5H3. The number of aryl methyl sites for hydroxylation is 1. The van der Waals surface area contributed by atoms with Crippen molar-refractivity contribution in [3.63, 3.8) is 0 Å². The number of benzene rings is 3. The fourth-order valence-electron chi connectivity index (χ4n) is 3.70. The summed E-state index contributed by atoms with van der Waals surface area (Å²) < 4.78 is 12.7. The molecule has 0 saturated heterocycles. The fourth-order valence-corrected chi connectivity index (χ4v) is 9.98. The van der Waals surface area contributed by atoms with Crippen molar-refractivity contribution >= 4 is 39.6 Å². The molecule has 0 aromatic heterocycles. The number of carbonyl (C=O) groups is 1. The molecule has 0 amide bonds. The van der Waals surface area contributed by atoms with E-state index in [1.54, 1.807) is 6.92 Å². The molecule has 0 N–H and O–H groups in total. The van der Waals surface area contributed by atoms with E-state index in [-0.39, 0.29) is 21.5 Å². The Bertz CT molecular complexity index is 1030. The number of hydrogen-bond donors (Lipinski definition) is 0. The molecule has 0 aliphatic heterocycles. The highest BCUT2D eigenvalue weighted by molar-refractivity contribution is 7.09. The summed E-state index contributed by atoms with van der Waals surface area (Å²) in [5, 5.41) is 3.57. The molecule has 3 nitrogen and oxygen atoms in total. The molecule has 3 aromatic rings. The van der Waals surface area contributed by atoms with Gasteiger partial charge in [0.2, 0.25) is 0 Å². The second kappa shape index (κ2) is 10.7. The SMILES string of the molecule is C=C(C)C(=O)OC(CC)[Si]O[Si](c1ccccc1)(c1ccccc1)c1cccc(C)c1C. The van der Waals surface area contributed by atoms with Gasteiger partial charge in [0, 0.05) is 5.57 Å². The van der Waals surface area contributed by atoms with E-state index in [4.69, 9.17) is 8.85 Å². The van der Waals surface area contributed by atoms with Crippen molar-refractivity contribution in [1.82, 2.24) is 0 Å². The van der Waals surface area contributed by atoms with Crippen LogP contribution in [0, 0.1) is 13.8 Å². The third kappa shape index (κ3) is 5.01. The van der Waals surface area contributed by atoms with Gasteiger partial charge in [0.15, 0.2) is 0 Å². The molecular weight excluding hydrogens is 428 g/mol. The molecule has 0 saturated carbocycles. The van der Waals surface area contributed by atoms with Gasteiger partial charge in [0.05, 0.1) is 0 Å². The average molecular weight is 459 g/mol. The van der Waals surface area contributed by atoms with Crippen molar-refractivity contribution < 1.29 is 13.6 Å². The Morgan fingerprint density at radius 1 is 0.938 bits per heavy atom. The second-order valence-corrected chi connectivity index (χ2v) is 12.7. The van der Waals surface area contributed by atoms with E-state index in [1.165, 1.54) is 26.7 Å². The van der Waals surface area contributed by atoms with Gasteiger partial charge in [-0.3, -0.25) is 0 Å². The molecule has 0 spiro atoms. The van der Waals surface area contributed by atoms with E-state index < -0.39 is 8.32 Å². The van der Waals surface area contributed by atoms with E-state index >= 15 is 0 Å². The van der Waals surface area contributed by atoms with Gasteiger partial charge < -0.3 is 8.85 Å². The van der Waals surface area contributed by atoms with E-state index in [1.807, 2.05) is 19.1 Å². The molecule has 3 rings (SSSR count). The first kappa shape index (κ1) is 23.9.